The van der Waals surface area contributed by atoms with E-state index in [1.807, 2.05) is 35.1 Å². The van der Waals surface area contributed by atoms with Gasteiger partial charge in [-0.05, 0) is 42.5 Å². The van der Waals surface area contributed by atoms with Crippen LogP contribution < -0.4 is 10.1 Å². The number of ether oxygens (including phenoxy) is 1. The number of aromatic nitrogens is 4. The van der Waals surface area contributed by atoms with Crippen LogP contribution in [-0.2, 0) is 6.42 Å². The van der Waals surface area contributed by atoms with E-state index in [1.165, 1.54) is 12.4 Å². The lowest BCUT2D eigenvalue weighted by atomic mass is 9.74. The van der Waals surface area contributed by atoms with Crippen molar-refractivity contribution in [3.05, 3.63) is 66.0 Å². The van der Waals surface area contributed by atoms with Crippen LogP contribution in [0.4, 0.5) is 0 Å². The van der Waals surface area contributed by atoms with E-state index in [4.69, 9.17) is 4.74 Å². The van der Waals surface area contributed by atoms with Gasteiger partial charge in [0.15, 0.2) is 0 Å². The van der Waals surface area contributed by atoms with Crippen LogP contribution in [0.2, 0.25) is 0 Å². The second-order valence-electron chi connectivity index (χ2n) is 7.82. The molecule has 144 valence electrons. The number of carbonyl (C=O) groups is 1. The van der Waals surface area contributed by atoms with Gasteiger partial charge in [0, 0.05) is 18.0 Å². The van der Waals surface area contributed by atoms with Gasteiger partial charge in [-0.25, -0.2) is 9.67 Å². The summed E-state index contributed by atoms with van der Waals surface area (Å²) in [6.07, 6.45) is 8.12. The number of nitrogens with one attached hydrogen (secondary N) is 1. The van der Waals surface area contributed by atoms with Crippen LogP contribution in [0, 0.1) is 5.41 Å². The van der Waals surface area contributed by atoms with Crippen LogP contribution >= 0.6 is 0 Å². The van der Waals surface area contributed by atoms with Crippen LogP contribution in [0.5, 0.6) is 5.75 Å². The van der Waals surface area contributed by atoms with Crippen molar-refractivity contribution in [3.63, 3.8) is 0 Å². The summed E-state index contributed by atoms with van der Waals surface area (Å²) in [7, 11) is 1.65. The van der Waals surface area contributed by atoms with Crippen LogP contribution in [0.15, 0.2) is 49.1 Å². The summed E-state index contributed by atoms with van der Waals surface area (Å²) in [5.74, 6) is 0.582. The molecule has 2 aromatic heterocycles. The Hall–Kier alpha value is -3.22. The minimum Gasteiger partial charge on any atom is -0.497 e. The SMILES string of the molecule is COc1ccc(-n2ncc3c2CC(C)(C)C[C@H]3NC(=O)c2cnccn2)cc1. The van der Waals surface area contributed by atoms with Crippen LogP contribution in [0.25, 0.3) is 5.69 Å². The first-order valence-electron chi connectivity index (χ1n) is 9.25. The van der Waals surface area contributed by atoms with Gasteiger partial charge < -0.3 is 10.1 Å². The molecule has 0 saturated heterocycles. The number of amides is 1. The molecule has 0 bridgehead atoms. The summed E-state index contributed by atoms with van der Waals surface area (Å²) in [5.41, 5.74) is 3.48. The quantitative estimate of drug-likeness (QED) is 0.755. The van der Waals surface area contributed by atoms with Gasteiger partial charge in [0.25, 0.3) is 5.91 Å². The standard InChI is InChI=1S/C21H23N5O2/c1-21(2)10-17(25-20(27)18-13-22-8-9-23-18)16-12-24-26(19(16)11-21)14-4-6-15(28-3)7-5-14/h4-9,12-13,17H,10-11H2,1-3H3,(H,25,27)/t17-/m1/s1. The fourth-order valence-electron chi connectivity index (χ4n) is 3.77. The molecule has 0 radical (unpaired) electrons. The molecule has 1 N–H and O–H groups in total. The summed E-state index contributed by atoms with van der Waals surface area (Å²) in [6, 6.07) is 7.69. The van der Waals surface area contributed by atoms with Crippen LogP contribution in [0.1, 0.15) is 48.1 Å². The minimum atomic E-state index is -0.223. The molecule has 0 spiro atoms. The third kappa shape index (κ3) is 3.47. The first-order valence-corrected chi connectivity index (χ1v) is 9.25. The molecule has 1 aromatic carbocycles. The number of nitrogens with zero attached hydrogens (tertiary/aromatic N) is 4. The zero-order chi connectivity index (χ0) is 19.7. The molecule has 0 fully saturated rings. The zero-order valence-corrected chi connectivity index (χ0v) is 16.2. The number of hydrogen-bond donors (Lipinski definition) is 1. The molecular weight excluding hydrogens is 354 g/mol. The fraction of sp³-hybridized carbons (Fsp3) is 0.333. The molecule has 0 aliphatic heterocycles. The van der Waals surface area contributed by atoms with E-state index in [-0.39, 0.29) is 17.4 Å². The number of hydrogen-bond acceptors (Lipinski definition) is 5. The van der Waals surface area contributed by atoms with Crippen molar-refractivity contribution in [1.82, 2.24) is 25.1 Å². The van der Waals surface area contributed by atoms with E-state index in [9.17, 15) is 4.79 Å². The Kier molecular flexibility index (Phi) is 4.58. The highest BCUT2D eigenvalue weighted by atomic mass is 16.5. The topological polar surface area (TPSA) is 81.9 Å². The minimum absolute atomic E-state index is 0.0254. The Balaban J connectivity index is 1.67. The number of methoxy groups -OCH3 is 1. The predicted molar refractivity (Wildman–Crippen MR) is 104 cm³/mol. The maximum Gasteiger partial charge on any atom is 0.271 e. The van der Waals surface area contributed by atoms with Crippen molar-refractivity contribution < 1.29 is 9.53 Å². The normalized spacial score (nSPS) is 17.6. The van der Waals surface area contributed by atoms with Gasteiger partial charge in [0.1, 0.15) is 11.4 Å². The molecule has 1 aliphatic rings. The molecule has 7 heteroatoms. The van der Waals surface area contributed by atoms with E-state index < -0.39 is 0 Å². The Morgan fingerprint density at radius 1 is 1.21 bits per heavy atom. The Bertz CT molecular complexity index is 980. The summed E-state index contributed by atoms with van der Waals surface area (Å²) in [6.45, 7) is 4.42. The van der Waals surface area contributed by atoms with Crippen molar-refractivity contribution in [2.24, 2.45) is 5.41 Å². The second-order valence-corrected chi connectivity index (χ2v) is 7.82. The summed E-state index contributed by atoms with van der Waals surface area (Å²) >= 11 is 0. The molecule has 1 amide bonds. The first-order chi connectivity index (χ1) is 13.5. The molecule has 0 unspecified atom stereocenters. The van der Waals surface area contributed by atoms with Crippen molar-refractivity contribution in [2.75, 3.05) is 7.11 Å². The van der Waals surface area contributed by atoms with Crippen LogP contribution in [0.3, 0.4) is 0 Å². The fourth-order valence-corrected chi connectivity index (χ4v) is 3.77. The number of carbonyl (C=O) groups excluding carboxylic acids is 1. The maximum absolute atomic E-state index is 12.6. The molecule has 7 nitrogen and oxygen atoms in total. The molecule has 1 atom stereocenters. The summed E-state index contributed by atoms with van der Waals surface area (Å²) in [4.78, 5) is 20.7. The van der Waals surface area contributed by atoms with E-state index >= 15 is 0 Å². The lowest BCUT2D eigenvalue weighted by Gasteiger charge is -2.35. The predicted octanol–water partition coefficient (Wildman–Crippen LogP) is 3.11. The highest BCUT2D eigenvalue weighted by molar-refractivity contribution is 5.92. The van der Waals surface area contributed by atoms with E-state index in [0.29, 0.717) is 5.69 Å². The average molecular weight is 377 g/mol. The van der Waals surface area contributed by atoms with Gasteiger partial charge in [-0.3, -0.25) is 9.78 Å². The largest absolute Gasteiger partial charge is 0.497 e. The molecule has 2 heterocycles. The smallest absolute Gasteiger partial charge is 0.271 e. The number of rotatable bonds is 4. The molecule has 0 saturated carbocycles. The lowest BCUT2D eigenvalue weighted by molar-refractivity contribution is 0.0913. The van der Waals surface area contributed by atoms with Gasteiger partial charge in [-0.2, -0.15) is 5.10 Å². The third-order valence-electron chi connectivity index (χ3n) is 5.10. The lowest BCUT2D eigenvalue weighted by Crippen LogP contribution is -2.37. The summed E-state index contributed by atoms with van der Waals surface area (Å²) < 4.78 is 7.20. The Labute approximate surface area is 163 Å². The first kappa shape index (κ1) is 18.2. The van der Waals surface area contributed by atoms with Crippen molar-refractivity contribution in [1.29, 1.82) is 0 Å². The molecule has 3 aromatic rings. The van der Waals surface area contributed by atoms with Crippen LogP contribution in [-0.4, -0.2) is 32.8 Å². The zero-order valence-electron chi connectivity index (χ0n) is 16.2. The van der Waals surface area contributed by atoms with Gasteiger partial charge in [-0.15, -0.1) is 0 Å². The Morgan fingerprint density at radius 3 is 2.68 bits per heavy atom. The summed E-state index contributed by atoms with van der Waals surface area (Å²) in [5, 5.41) is 7.73. The van der Waals surface area contributed by atoms with Crippen molar-refractivity contribution in [3.8, 4) is 11.4 Å². The van der Waals surface area contributed by atoms with Gasteiger partial charge in [0.05, 0.1) is 36.9 Å². The highest BCUT2D eigenvalue weighted by Crippen LogP contribution is 2.41. The highest BCUT2D eigenvalue weighted by Gasteiger charge is 2.36. The second kappa shape index (κ2) is 7.07. The van der Waals surface area contributed by atoms with Gasteiger partial charge in [0.2, 0.25) is 0 Å². The number of benzene rings is 1. The number of fused-ring (bicyclic) bond motifs is 1. The average Bonchev–Trinajstić information content (AvgIpc) is 3.11. The van der Waals surface area contributed by atoms with E-state index in [2.05, 4.69) is 34.2 Å². The van der Waals surface area contributed by atoms with E-state index in [1.54, 1.807) is 13.3 Å². The monoisotopic (exact) mass is 377 g/mol. The maximum atomic E-state index is 12.6. The van der Waals surface area contributed by atoms with Crippen molar-refractivity contribution in [2.45, 2.75) is 32.7 Å². The van der Waals surface area contributed by atoms with E-state index in [0.717, 1.165) is 35.5 Å². The van der Waals surface area contributed by atoms with Crippen molar-refractivity contribution >= 4 is 5.91 Å². The molecule has 4 rings (SSSR count). The van der Waals surface area contributed by atoms with Gasteiger partial charge >= 0.3 is 0 Å². The molecule has 1 aliphatic carbocycles. The van der Waals surface area contributed by atoms with Gasteiger partial charge in [-0.1, -0.05) is 13.8 Å². The molecule has 28 heavy (non-hydrogen) atoms. The Morgan fingerprint density at radius 2 is 2.00 bits per heavy atom. The molecular formula is C21H23N5O2. The third-order valence-corrected chi connectivity index (χ3v) is 5.10.